The van der Waals surface area contributed by atoms with Crippen molar-refractivity contribution in [1.82, 2.24) is 4.90 Å². The van der Waals surface area contributed by atoms with Crippen LogP contribution in [-0.4, -0.2) is 46.4 Å². The minimum atomic E-state index is -0.664. The highest BCUT2D eigenvalue weighted by Gasteiger charge is 2.27. The van der Waals surface area contributed by atoms with Gasteiger partial charge in [0.25, 0.3) is 0 Å². The molecule has 480 valence electrons. The van der Waals surface area contributed by atoms with E-state index in [-0.39, 0.29) is 24.4 Å². The largest absolute Gasteiger partial charge is 0.481 e. The lowest BCUT2D eigenvalue weighted by Gasteiger charge is -2.27. The fraction of sp³-hybridized carbons (Fsp3) is 0.840. The number of ether oxygens (including phenoxy) is 1. The van der Waals surface area contributed by atoms with Gasteiger partial charge >= 0.3 is 11.9 Å². The number of amides is 2. The Morgan fingerprint density at radius 1 is 0.305 bits per heavy atom. The quantitative estimate of drug-likeness (QED) is 0.0370. The molecular formula is C75H139NO6. The third-order valence-electron chi connectivity index (χ3n) is 16.1. The van der Waals surface area contributed by atoms with Gasteiger partial charge < -0.3 is 9.84 Å². The Morgan fingerprint density at radius 3 is 0.756 bits per heavy atom. The van der Waals surface area contributed by atoms with Gasteiger partial charge in [0.2, 0.25) is 11.8 Å². The number of aliphatic carboxylic acids is 1. The molecule has 1 atom stereocenters. The third-order valence-corrected chi connectivity index (χ3v) is 16.1. The smallest absolute Gasteiger partial charge is 0.305 e. The Morgan fingerprint density at radius 2 is 0.512 bits per heavy atom. The summed E-state index contributed by atoms with van der Waals surface area (Å²) in [7, 11) is 0. The van der Waals surface area contributed by atoms with Crippen molar-refractivity contribution in [2.75, 3.05) is 6.61 Å². The molecule has 1 unspecified atom stereocenters. The Hall–Kier alpha value is -2.96. The number of unbranched alkanes of at least 4 members (excludes halogenated alkanes) is 44. The average molecular weight is 1150 g/mol. The molecule has 0 aromatic heterocycles. The number of allylic oxidation sites excluding steroid dienone is 8. The number of nitrogens with zero attached hydrogens (tertiary/aromatic N) is 1. The van der Waals surface area contributed by atoms with Crippen LogP contribution in [0.25, 0.3) is 0 Å². The summed E-state index contributed by atoms with van der Waals surface area (Å²) in [6, 6.07) is -0.445. The van der Waals surface area contributed by atoms with E-state index >= 15 is 0 Å². The van der Waals surface area contributed by atoms with E-state index in [2.05, 4.69) is 76.3 Å². The Bertz CT molecular complexity index is 1410. The fourth-order valence-corrected chi connectivity index (χ4v) is 10.6. The minimum Gasteiger partial charge on any atom is -0.481 e. The van der Waals surface area contributed by atoms with Crippen molar-refractivity contribution in [3.05, 3.63) is 48.6 Å². The maximum absolute atomic E-state index is 13.5. The van der Waals surface area contributed by atoms with Gasteiger partial charge in [0, 0.05) is 25.7 Å². The molecule has 0 heterocycles. The SMILES string of the molecule is CCCCCCCCC=CCCCCCCCC(=O)O.CCCCCCCCC=CCCCCCCCC(=O)OCC(C)N(C(=O)CCCCCCCC=CCCCCCCCC)C(=O)CCCCCCCC=CCCCCCCCC. The zero-order valence-electron chi connectivity index (χ0n) is 55.4. The van der Waals surface area contributed by atoms with Crippen LogP contribution in [0.15, 0.2) is 48.6 Å². The summed E-state index contributed by atoms with van der Waals surface area (Å²) < 4.78 is 5.66. The van der Waals surface area contributed by atoms with E-state index in [9.17, 15) is 19.2 Å². The summed E-state index contributed by atoms with van der Waals surface area (Å²) in [5.41, 5.74) is 0. The number of rotatable bonds is 63. The lowest BCUT2D eigenvalue weighted by Crippen LogP contribution is -2.45. The van der Waals surface area contributed by atoms with E-state index in [0.29, 0.717) is 25.7 Å². The van der Waals surface area contributed by atoms with Crippen molar-refractivity contribution < 1.29 is 29.0 Å². The standard InChI is InChI=1S/C57H105NO4.C18H34O2/c1-5-8-11-14-17-20-23-26-29-32-35-38-41-44-47-50-55(59)58(56(60)51-48-45-42-39-36-33-30-27-24-21-18-15-12-9-6-2)54(4)53-62-57(61)52-49-46-43-40-37-34-31-28-25-22-19-16-13-10-7-3;1-2-3-4-5-6-7-8-9-10-11-12-13-14-15-16-17-18(19)20/h26-31,54H,5-25,32-53H2,1-4H3;9-10H,2-8,11-17H2,1H3,(H,19,20). The van der Waals surface area contributed by atoms with Crippen LogP contribution in [0.1, 0.15) is 394 Å². The molecule has 0 aromatic rings. The summed E-state index contributed by atoms with van der Waals surface area (Å²) in [4.78, 5) is 51.5. The van der Waals surface area contributed by atoms with Gasteiger partial charge in [-0.15, -0.1) is 0 Å². The van der Waals surface area contributed by atoms with Gasteiger partial charge in [-0.25, -0.2) is 0 Å². The molecular weight excluding hydrogens is 1010 g/mol. The van der Waals surface area contributed by atoms with Crippen molar-refractivity contribution in [2.24, 2.45) is 0 Å². The van der Waals surface area contributed by atoms with Gasteiger partial charge in [-0.3, -0.25) is 24.1 Å². The lowest BCUT2D eigenvalue weighted by molar-refractivity contribution is -0.154. The van der Waals surface area contributed by atoms with Crippen LogP contribution >= 0.6 is 0 Å². The first-order valence-electron chi connectivity index (χ1n) is 36.1. The van der Waals surface area contributed by atoms with Gasteiger partial charge in [-0.2, -0.15) is 0 Å². The minimum absolute atomic E-state index is 0.0835. The topological polar surface area (TPSA) is 101 Å². The first-order chi connectivity index (χ1) is 40.2. The molecule has 0 aromatic carbocycles. The third kappa shape index (κ3) is 66.2. The second-order valence-electron chi connectivity index (χ2n) is 24.4. The highest BCUT2D eigenvalue weighted by Crippen LogP contribution is 2.18. The highest BCUT2D eigenvalue weighted by molar-refractivity contribution is 5.95. The number of carbonyl (C=O) groups is 4. The van der Waals surface area contributed by atoms with Crippen LogP contribution in [0, 0.1) is 0 Å². The summed E-state index contributed by atoms with van der Waals surface area (Å²) in [6.07, 6.45) is 83.8. The van der Waals surface area contributed by atoms with Gasteiger partial charge in [0.05, 0.1) is 6.04 Å². The van der Waals surface area contributed by atoms with E-state index in [0.717, 1.165) is 89.9 Å². The molecule has 7 nitrogen and oxygen atoms in total. The molecule has 82 heavy (non-hydrogen) atoms. The molecule has 0 fully saturated rings. The van der Waals surface area contributed by atoms with Gasteiger partial charge in [0.15, 0.2) is 0 Å². The highest BCUT2D eigenvalue weighted by atomic mass is 16.5. The fourth-order valence-electron chi connectivity index (χ4n) is 10.6. The lowest BCUT2D eigenvalue weighted by atomic mass is 10.1. The molecule has 0 aliphatic rings. The van der Waals surface area contributed by atoms with Crippen LogP contribution < -0.4 is 0 Å². The van der Waals surface area contributed by atoms with Crippen LogP contribution in [0.2, 0.25) is 0 Å². The Balaban J connectivity index is 0. The maximum Gasteiger partial charge on any atom is 0.305 e. The molecule has 0 radical (unpaired) electrons. The van der Waals surface area contributed by atoms with Crippen LogP contribution in [0.4, 0.5) is 0 Å². The summed E-state index contributed by atoms with van der Waals surface area (Å²) in [5.74, 6) is -1.10. The van der Waals surface area contributed by atoms with Crippen LogP contribution in [-0.2, 0) is 23.9 Å². The molecule has 1 N–H and O–H groups in total. The number of carbonyl (C=O) groups excluding carboxylic acids is 3. The van der Waals surface area contributed by atoms with E-state index in [4.69, 9.17) is 9.84 Å². The number of hydrogen-bond acceptors (Lipinski definition) is 5. The number of carboxylic acid groups (broad SMARTS) is 1. The summed E-state index contributed by atoms with van der Waals surface area (Å²) in [5, 5.41) is 8.51. The number of esters is 1. The normalized spacial score (nSPS) is 12.1. The molecule has 0 saturated heterocycles. The molecule has 0 aliphatic carbocycles. The molecule has 0 spiro atoms. The van der Waals surface area contributed by atoms with Gasteiger partial charge in [0.1, 0.15) is 6.61 Å². The predicted molar refractivity (Wildman–Crippen MR) is 358 cm³/mol. The number of carboxylic acids is 1. The summed E-state index contributed by atoms with van der Waals surface area (Å²) in [6.45, 7) is 11.0. The zero-order valence-corrected chi connectivity index (χ0v) is 55.4. The van der Waals surface area contributed by atoms with E-state index in [1.54, 1.807) is 0 Å². The second kappa shape index (κ2) is 70.5. The zero-order chi connectivity index (χ0) is 60.1. The molecule has 0 aliphatic heterocycles. The predicted octanol–water partition coefficient (Wildman–Crippen LogP) is 24.5. The first-order valence-corrected chi connectivity index (χ1v) is 36.1. The first kappa shape index (κ1) is 81.1. The Labute approximate surface area is 510 Å². The van der Waals surface area contributed by atoms with Crippen molar-refractivity contribution in [3.63, 3.8) is 0 Å². The molecule has 0 bridgehead atoms. The van der Waals surface area contributed by atoms with Crippen molar-refractivity contribution in [3.8, 4) is 0 Å². The van der Waals surface area contributed by atoms with Crippen LogP contribution in [0.5, 0.6) is 0 Å². The van der Waals surface area contributed by atoms with Gasteiger partial charge in [-0.05, 0) is 135 Å². The van der Waals surface area contributed by atoms with Gasteiger partial charge in [-0.1, -0.05) is 282 Å². The maximum atomic E-state index is 13.5. The van der Waals surface area contributed by atoms with Crippen molar-refractivity contribution in [1.29, 1.82) is 0 Å². The average Bonchev–Trinajstić information content (AvgIpc) is 3.47. The molecule has 0 rings (SSSR count). The van der Waals surface area contributed by atoms with E-state index in [1.807, 2.05) is 6.92 Å². The molecule has 2 amide bonds. The number of hydrogen-bond donors (Lipinski definition) is 1. The monoisotopic (exact) mass is 1150 g/mol. The second-order valence-corrected chi connectivity index (χ2v) is 24.4. The van der Waals surface area contributed by atoms with E-state index in [1.165, 1.54) is 249 Å². The summed E-state index contributed by atoms with van der Waals surface area (Å²) >= 11 is 0. The van der Waals surface area contributed by atoms with Crippen molar-refractivity contribution >= 4 is 23.8 Å². The Kier molecular flexibility index (Phi) is 69.8. The molecule has 7 heteroatoms. The number of imide groups is 1. The van der Waals surface area contributed by atoms with E-state index < -0.39 is 12.0 Å². The molecule has 0 saturated carbocycles. The van der Waals surface area contributed by atoms with Crippen LogP contribution in [0.3, 0.4) is 0 Å². The van der Waals surface area contributed by atoms with Crippen molar-refractivity contribution in [2.45, 2.75) is 400 Å².